The maximum atomic E-state index is 11.9. The molecule has 2 aromatic carbocycles. The van der Waals surface area contributed by atoms with Gasteiger partial charge < -0.3 is 9.47 Å². The Morgan fingerprint density at radius 3 is 2.43 bits per heavy atom. The topological polar surface area (TPSA) is 78.7 Å². The van der Waals surface area contributed by atoms with Gasteiger partial charge in [-0.25, -0.2) is 4.79 Å². The van der Waals surface area contributed by atoms with Crippen molar-refractivity contribution < 1.29 is 19.2 Å². The number of nitro groups is 1. The van der Waals surface area contributed by atoms with E-state index in [-0.39, 0.29) is 11.3 Å². The third-order valence-electron chi connectivity index (χ3n) is 3.17. The number of methoxy groups -OCH3 is 2. The highest BCUT2D eigenvalue weighted by atomic mass is 32.2. The Labute approximate surface area is 137 Å². The zero-order chi connectivity index (χ0) is 16.8. The van der Waals surface area contributed by atoms with Crippen molar-refractivity contribution in [2.24, 2.45) is 0 Å². The van der Waals surface area contributed by atoms with Gasteiger partial charge in [-0.3, -0.25) is 10.1 Å². The van der Waals surface area contributed by atoms with E-state index in [4.69, 9.17) is 4.74 Å². The number of esters is 1. The lowest BCUT2D eigenvalue weighted by Gasteiger charge is -2.08. The quantitative estimate of drug-likeness (QED) is 0.347. The van der Waals surface area contributed by atoms with Crippen LogP contribution in [0.5, 0.6) is 5.75 Å². The van der Waals surface area contributed by atoms with Crippen LogP contribution in [0.25, 0.3) is 0 Å². The van der Waals surface area contributed by atoms with Crippen molar-refractivity contribution >= 4 is 23.4 Å². The molecule has 0 N–H and O–H groups in total. The van der Waals surface area contributed by atoms with Crippen LogP contribution in [0.15, 0.2) is 47.4 Å². The van der Waals surface area contributed by atoms with Gasteiger partial charge in [0, 0.05) is 16.7 Å². The summed E-state index contributed by atoms with van der Waals surface area (Å²) in [4.78, 5) is 23.4. The van der Waals surface area contributed by atoms with Gasteiger partial charge in [0.1, 0.15) is 11.3 Å². The Morgan fingerprint density at radius 1 is 1.17 bits per heavy atom. The Kier molecular flexibility index (Phi) is 5.59. The van der Waals surface area contributed by atoms with Crippen molar-refractivity contribution in [1.82, 2.24) is 0 Å². The standard InChI is InChI=1S/C16H15NO5S/c1-21-12-6-8-13(9-7-12)23-10-11-4-3-5-14(17(19)20)15(11)16(18)22-2/h3-9H,10H2,1-2H3. The van der Waals surface area contributed by atoms with E-state index in [1.165, 1.54) is 24.9 Å². The maximum Gasteiger partial charge on any atom is 0.345 e. The summed E-state index contributed by atoms with van der Waals surface area (Å²) in [5.41, 5.74) is 0.317. The van der Waals surface area contributed by atoms with E-state index >= 15 is 0 Å². The fraction of sp³-hybridized carbons (Fsp3) is 0.188. The number of nitro benzene ring substituents is 1. The summed E-state index contributed by atoms with van der Waals surface area (Å²) in [7, 11) is 2.80. The largest absolute Gasteiger partial charge is 0.497 e. The first-order valence-electron chi connectivity index (χ1n) is 6.68. The maximum absolute atomic E-state index is 11.9. The molecule has 0 heterocycles. The second-order valence-corrected chi connectivity index (χ2v) is 5.57. The SMILES string of the molecule is COC(=O)c1c(CSc2ccc(OC)cc2)cccc1[N+](=O)[O-]. The molecule has 23 heavy (non-hydrogen) atoms. The highest BCUT2D eigenvalue weighted by Gasteiger charge is 2.24. The Morgan fingerprint density at radius 2 is 1.87 bits per heavy atom. The predicted octanol–water partition coefficient (Wildman–Crippen LogP) is 3.68. The summed E-state index contributed by atoms with van der Waals surface area (Å²) in [6.07, 6.45) is 0. The van der Waals surface area contributed by atoms with Crippen LogP contribution in [-0.4, -0.2) is 25.1 Å². The molecule has 0 aliphatic carbocycles. The molecular formula is C16H15NO5S. The number of ether oxygens (including phenoxy) is 2. The summed E-state index contributed by atoms with van der Waals surface area (Å²) < 4.78 is 9.77. The molecule has 0 aliphatic rings. The molecular weight excluding hydrogens is 318 g/mol. The van der Waals surface area contributed by atoms with Gasteiger partial charge in [0.15, 0.2) is 0 Å². The Bertz CT molecular complexity index is 715. The fourth-order valence-corrected chi connectivity index (χ4v) is 2.92. The molecule has 7 heteroatoms. The summed E-state index contributed by atoms with van der Waals surface area (Å²) in [5.74, 6) is 0.459. The van der Waals surface area contributed by atoms with E-state index in [0.717, 1.165) is 10.6 Å². The second-order valence-electron chi connectivity index (χ2n) is 4.52. The van der Waals surface area contributed by atoms with E-state index in [1.807, 2.05) is 24.3 Å². The van der Waals surface area contributed by atoms with Crippen LogP contribution in [-0.2, 0) is 10.5 Å². The molecule has 0 fully saturated rings. The lowest BCUT2D eigenvalue weighted by molar-refractivity contribution is -0.385. The number of hydrogen-bond acceptors (Lipinski definition) is 6. The van der Waals surface area contributed by atoms with Crippen molar-refractivity contribution in [3.05, 3.63) is 63.7 Å². The first kappa shape index (κ1) is 16.8. The molecule has 2 aromatic rings. The van der Waals surface area contributed by atoms with Gasteiger partial charge in [0.2, 0.25) is 0 Å². The normalized spacial score (nSPS) is 10.2. The van der Waals surface area contributed by atoms with Gasteiger partial charge in [0.05, 0.1) is 19.1 Å². The highest BCUT2D eigenvalue weighted by Crippen LogP contribution is 2.30. The molecule has 0 saturated heterocycles. The average molecular weight is 333 g/mol. The Hall–Kier alpha value is -2.54. The van der Waals surface area contributed by atoms with Crippen molar-refractivity contribution in [2.45, 2.75) is 10.6 Å². The summed E-state index contributed by atoms with van der Waals surface area (Å²) in [6, 6.07) is 12.0. The van der Waals surface area contributed by atoms with Crippen LogP contribution >= 0.6 is 11.8 Å². The van der Waals surface area contributed by atoms with Crippen LogP contribution < -0.4 is 4.74 Å². The van der Waals surface area contributed by atoms with Gasteiger partial charge in [-0.1, -0.05) is 12.1 Å². The molecule has 120 valence electrons. The minimum Gasteiger partial charge on any atom is -0.497 e. The van der Waals surface area contributed by atoms with Crippen LogP contribution in [0.4, 0.5) is 5.69 Å². The number of hydrogen-bond donors (Lipinski definition) is 0. The van der Waals surface area contributed by atoms with E-state index in [0.29, 0.717) is 11.3 Å². The van der Waals surface area contributed by atoms with Gasteiger partial charge in [-0.15, -0.1) is 11.8 Å². The van der Waals surface area contributed by atoms with Gasteiger partial charge in [0.25, 0.3) is 5.69 Å². The number of rotatable bonds is 6. The molecule has 0 aromatic heterocycles. The summed E-state index contributed by atoms with van der Waals surface area (Å²) >= 11 is 1.47. The number of thioether (sulfide) groups is 1. The highest BCUT2D eigenvalue weighted by molar-refractivity contribution is 7.98. The Balaban J connectivity index is 2.26. The molecule has 0 unspecified atom stereocenters. The van der Waals surface area contributed by atoms with Crippen LogP contribution in [0.1, 0.15) is 15.9 Å². The van der Waals surface area contributed by atoms with Crippen molar-refractivity contribution in [2.75, 3.05) is 14.2 Å². The third-order valence-corrected chi connectivity index (χ3v) is 4.23. The predicted molar refractivity (Wildman–Crippen MR) is 87.0 cm³/mol. The zero-order valence-corrected chi connectivity index (χ0v) is 13.5. The van der Waals surface area contributed by atoms with Crippen molar-refractivity contribution in [3.8, 4) is 5.75 Å². The third kappa shape index (κ3) is 4.01. The minimum atomic E-state index is -0.706. The van der Waals surface area contributed by atoms with Gasteiger partial charge in [-0.05, 0) is 29.8 Å². The lowest BCUT2D eigenvalue weighted by Crippen LogP contribution is -2.09. The number of nitrogens with zero attached hydrogens (tertiary/aromatic N) is 1. The van der Waals surface area contributed by atoms with E-state index in [9.17, 15) is 14.9 Å². The van der Waals surface area contributed by atoms with Crippen molar-refractivity contribution in [3.63, 3.8) is 0 Å². The minimum absolute atomic E-state index is 0.000937. The monoisotopic (exact) mass is 333 g/mol. The molecule has 0 saturated carbocycles. The van der Waals surface area contributed by atoms with E-state index in [2.05, 4.69) is 4.74 Å². The molecule has 2 rings (SSSR count). The van der Waals surface area contributed by atoms with Gasteiger partial charge in [-0.2, -0.15) is 0 Å². The molecule has 0 bridgehead atoms. The molecule has 0 aliphatic heterocycles. The summed E-state index contributed by atoms with van der Waals surface area (Å²) in [5, 5.41) is 11.1. The average Bonchev–Trinajstić information content (AvgIpc) is 2.59. The van der Waals surface area contributed by atoms with Crippen LogP contribution in [0, 0.1) is 10.1 Å². The smallest absolute Gasteiger partial charge is 0.345 e. The number of carbonyl (C=O) groups is 1. The van der Waals surface area contributed by atoms with Crippen LogP contribution in [0.3, 0.4) is 0 Å². The molecule has 0 atom stereocenters. The molecule has 0 radical (unpaired) electrons. The van der Waals surface area contributed by atoms with Crippen molar-refractivity contribution in [1.29, 1.82) is 0 Å². The molecule has 0 amide bonds. The first-order chi connectivity index (χ1) is 11.1. The fourth-order valence-electron chi connectivity index (χ4n) is 2.03. The first-order valence-corrected chi connectivity index (χ1v) is 7.66. The van der Waals surface area contributed by atoms with E-state index in [1.54, 1.807) is 19.2 Å². The summed E-state index contributed by atoms with van der Waals surface area (Å²) in [6.45, 7) is 0. The van der Waals surface area contributed by atoms with Crippen LogP contribution in [0.2, 0.25) is 0 Å². The second kappa shape index (κ2) is 7.64. The molecule has 6 nitrogen and oxygen atoms in total. The van der Waals surface area contributed by atoms with E-state index < -0.39 is 10.9 Å². The van der Waals surface area contributed by atoms with Gasteiger partial charge >= 0.3 is 5.97 Å². The number of benzene rings is 2. The number of carbonyl (C=O) groups excluding carboxylic acids is 1. The molecule has 0 spiro atoms. The zero-order valence-electron chi connectivity index (χ0n) is 12.6. The lowest BCUT2D eigenvalue weighted by atomic mass is 10.1.